The molecule has 4 nitrogen and oxygen atoms in total. The molecule has 0 aliphatic heterocycles. The Labute approximate surface area is 330 Å². The highest BCUT2D eigenvalue weighted by atomic mass is 16.3. The Bertz CT molecular complexity index is 3220. The third kappa shape index (κ3) is 5.58. The molecule has 0 saturated heterocycles. The van der Waals surface area contributed by atoms with Gasteiger partial charge in [0.2, 0.25) is 5.89 Å². The average Bonchev–Trinajstić information content (AvgIpc) is 3.88. The van der Waals surface area contributed by atoms with Gasteiger partial charge in [-0.25, -0.2) is 4.98 Å². The van der Waals surface area contributed by atoms with Crippen LogP contribution in [0, 0.1) is 0 Å². The Kier molecular flexibility index (Phi) is 7.78. The van der Waals surface area contributed by atoms with Gasteiger partial charge in [0, 0.05) is 44.5 Å². The molecule has 0 amide bonds. The zero-order chi connectivity index (χ0) is 37.7. The van der Waals surface area contributed by atoms with Crippen LogP contribution in [0.15, 0.2) is 217 Å². The van der Waals surface area contributed by atoms with Gasteiger partial charge in [-0.05, 0) is 94.7 Å². The summed E-state index contributed by atoms with van der Waals surface area (Å²) in [5, 5.41) is 4.91. The molecule has 2 heterocycles. The normalized spacial score (nSPS) is 11.5. The van der Waals surface area contributed by atoms with Crippen molar-refractivity contribution in [3.63, 3.8) is 0 Å². The van der Waals surface area contributed by atoms with Crippen LogP contribution in [0.3, 0.4) is 0 Å². The lowest BCUT2D eigenvalue weighted by molar-refractivity contribution is 0.621. The van der Waals surface area contributed by atoms with E-state index < -0.39 is 0 Å². The van der Waals surface area contributed by atoms with E-state index >= 15 is 0 Å². The molecule has 57 heavy (non-hydrogen) atoms. The highest BCUT2D eigenvalue weighted by Gasteiger charge is 2.21. The average molecular weight is 730 g/mol. The first kappa shape index (κ1) is 32.7. The highest BCUT2D eigenvalue weighted by molar-refractivity contribution is 6.22. The molecule has 0 atom stereocenters. The van der Waals surface area contributed by atoms with Crippen LogP contribution in [0.25, 0.3) is 83.1 Å². The highest BCUT2D eigenvalue weighted by Crippen LogP contribution is 2.45. The van der Waals surface area contributed by atoms with E-state index in [0.29, 0.717) is 5.89 Å². The first-order chi connectivity index (χ1) is 28.3. The van der Waals surface area contributed by atoms with Gasteiger partial charge in [0.05, 0.1) is 16.7 Å². The maximum Gasteiger partial charge on any atom is 0.227 e. The van der Waals surface area contributed by atoms with Crippen LogP contribution in [0.1, 0.15) is 0 Å². The Hall–Kier alpha value is -7.69. The van der Waals surface area contributed by atoms with Crippen molar-refractivity contribution in [2.24, 2.45) is 0 Å². The van der Waals surface area contributed by atoms with Crippen molar-refractivity contribution in [3.8, 4) is 39.4 Å². The molecule has 0 spiro atoms. The zero-order valence-electron chi connectivity index (χ0n) is 31.0. The molecule has 11 aromatic rings. The van der Waals surface area contributed by atoms with Gasteiger partial charge in [-0.3, -0.25) is 0 Å². The second kappa shape index (κ2) is 13.6. The van der Waals surface area contributed by atoms with Crippen molar-refractivity contribution < 1.29 is 4.42 Å². The van der Waals surface area contributed by atoms with E-state index in [4.69, 9.17) is 9.40 Å². The summed E-state index contributed by atoms with van der Waals surface area (Å²) >= 11 is 0. The van der Waals surface area contributed by atoms with Crippen LogP contribution < -0.4 is 4.90 Å². The standard InChI is InChI=1S/C53H35N3O/c1-4-15-36(16-5-1)43-22-12-13-26-48(43)55(41-30-27-38(28-31-41)45-24-14-25-47-52(45)57-53(54-47)39-18-6-2-7-19-39)42-32-34-49-46(35-42)51-44-23-11-10-17-37(44)29-33-50(51)56(49)40-20-8-3-9-21-40/h1-35H. The fourth-order valence-corrected chi connectivity index (χ4v) is 8.40. The van der Waals surface area contributed by atoms with E-state index in [9.17, 15) is 0 Å². The number of benzene rings is 9. The molecule has 0 fully saturated rings. The van der Waals surface area contributed by atoms with Gasteiger partial charge in [-0.15, -0.1) is 0 Å². The van der Waals surface area contributed by atoms with E-state index in [0.717, 1.165) is 67.2 Å². The minimum atomic E-state index is 0.621. The Morgan fingerprint density at radius 1 is 0.439 bits per heavy atom. The maximum atomic E-state index is 6.44. The molecule has 9 aromatic carbocycles. The smallest absolute Gasteiger partial charge is 0.227 e. The van der Waals surface area contributed by atoms with Crippen molar-refractivity contribution in [1.29, 1.82) is 0 Å². The lowest BCUT2D eigenvalue weighted by atomic mass is 10.00. The topological polar surface area (TPSA) is 34.2 Å². The summed E-state index contributed by atoms with van der Waals surface area (Å²) < 4.78 is 8.83. The summed E-state index contributed by atoms with van der Waals surface area (Å²) in [6.07, 6.45) is 0. The Morgan fingerprint density at radius 3 is 1.88 bits per heavy atom. The number of hydrogen-bond acceptors (Lipinski definition) is 3. The van der Waals surface area contributed by atoms with Gasteiger partial charge in [0.15, 0.2) is 5.58 Å². The summed E-state index contributed by atoms with van der Waals surface area (Å²) in [7, 11) is 0. The van der Waals surface area contributed by atoms with Gasteiger partial charge < -0.3 is 13.9 Å². The number of rotatable bonds is 7. The third-order valence-electron chi connectivity index (χ3n) is 11.0. The van der Waals surface area contributed by atoms with Crippen LogP contribution in [0.4, 0.5) is 17.1 Å². The van der Waals surface area contributed by atoms with E-state index in [2.05, 4.69) is 185 Å². The van der Waals surface area contributed by atoms with Gasteiger partial charge in [-0.1, -0.05) is 140 Å². The van der Waals surface area contributed by atoms with Gasteiger partial charge in [0.1, 0.15) is 5.52 Å². The predicted octanol–water partition coefficient (Wildman–Crippen LogP) is 14.5. The quantitative estimate of drug-likeness (QED) is 0.164. The fraction of sp³-hybridized carbons (Fsp3) is 0. The van der Waals surface area contributed by atoms with Crippen LogP contribution >= 0.6 is 0 Å². The molecule has 0 N–H and O–H groups in total. The van der Waals surface area contributed by atoms with Gasteiger partial charge in [0.25, 0.3) is 0 Å². The molecule has 268 valence electrons. The molecule has 4 heteroatoms. The first-order valence-corrected chi connectivity index (χ1v) is 19.3. The summed E-state index contributed by atoms with van der Waals surface area (Å²) in [5.74, 6) is 0.621. The molecule has 2 aromatic heterocycles. The molecule has 0 aliphatic rings. The zero-order valence-corrected chi connectivity index (χ0v) is 31.0. The van der Waals surface area contributed by atoms with Crippen LogP contribution in [-0.4, -0.2) is 9.55 Å². The fourth-order valence-electron chi connectivity index (χ4n) is 8.40. The number of fused-ring (bicyclic) bond motifs is 6. The Morgan fingerprint density at radius 2 is 1.07 bits per heavy atom. The second-order valence-electron chi connectivity index (χ2n) is 14.4. The van der Waals surface area contributed by atoms with E-state index in [-0.39, 0.29) is 0 Å². The van der Waals surface area contributed by atoms with E-state index in [1.54, 1.807) is 0 Å². The van der Waals surface area contributed by atoms with Crippen molar-refractivity contribution >= 4 is 60.7 Å². The summed E-state index contributed by atoms with van der Waals surface area (Å²) in [5.41, 5.74) is 13.7. The SMILES string of the molecule is c1ccc(-c2nc3cccc(-c4ccc(N(c5ccc6c(c5)c5c7ccccc7ccc5n6-c5ccccc5)c5ccccc5-c5ccccc5)cc4)c3o2)cc1. The third-order valence-corrected chi connectivity index (χ3v) is 11.0. The van der Waals surface area contributed by atoms with E-state index in [1.165, 1.54) is 27.1 Å². The first-order valence-electron chi connectivity index (χ1n) is 19.3. The molecular weight excluding hydrogens is 695 g/mol. The predicted molar refractivity (Wildman–Crippen MR) is 237 cm³/mol. The summed E-state index contributed by atoms with van der Waals surface area (Å²) in [6, 6.07) is 75.2. The molecule has 11 rings (SSSR count). The number of aromatic nitrogens is 2. The van der Waals surface area contributed by atoms with Gasteiger partial charge >= 0.3 is 0 Å². The van der Waals surface area contributed by atoms with Crippen molar-refractivity contribution in [3.05, 3.63) is 212 Å². The van der Waals surface area contributed by atoms with E-state index in [1.807, 2.05) is 36.4 Å². The minimum absolute atomic E-state index is 0.621. The van der Waals surface area contributed by atoms with Crippen LogP contribution in [-0.2, 0) is 0 Å². The molecule has 0 bridgehead atoms. The Balaban J connectivity index is 1.11. The van der Waals surface area contributed by atoms with Crippen molar-refractivity contribution in [2.75, 3.05) is 4.90 Å². The van der Waals surface area contributed by atoms with Crippen molar-refractivity contribution in [2.45, 2.75) is 0 Å². The molecule has 0 radical (unpaired) electrons. The number of para-hydroxylation sites is 3. The molecule has 0 aliphatic carbocycles. The summed E-state index contributed by atoms with van der Waals surface area (Å²) in [6.45, 7) is 0. The van der Waals surface area contributed by atoms with Crippen molar-refractivity contribution in [1.82, 2.24) is 9.55 Å². The largest absolute Gasteiger partial charge is 0.435 e. The second-order valence-corrected chi connectivity index (χ2v) is 14.4. The maximum absolute atomic E-state index is 6.44. The monoisotopic (exact) mass is 729 g/mol. The molecular formula is C53H35N3O. The lowest BCUT2D eigenvalue weighted by Crippen LogP contribution is -2.11. The lowest BCUT2D eigenvalue weighted by Gasteiger charge is -2.28. The number of anilines is 3. The minimum Gasteiger partial charge on any atom is -0.435 e. The number of hydrogen-bond donors (Lipinski definition) is 0. The van der Waals surface area contributed by atoms with Gasteiger partial charge in [-0.2, -0.15) is 0 Å². The molecule has 0 unspecified atom stereocenters. The van der Waals surface area contributed by atoms with Crippen LogP contribution in [0.2, 0.25) is 0 Å². The summed E-state index contributed by atoms with van der Waals surface area (Å²) in [4.78, 5) is 7.24. The molecule has 0 saturated carbocycles. The number of nitrogens with zero attached hydrogens (tertiary/aromatic N) is 3. The number of oxazole rings is 1. The van der Waals surface area contributed by atoms with Crippen LogP contribution in [0.5, 0.6) is 0 Å².